The van der Waals surface area contributed by atoms with Crippen molar-refractivity contribution in [2.24, 2.45) is 0 Å². The number of fused-ring (bicyclic) bond motifs is 1. The van der Waals surface area contributed by atoms with E-state index in [1.807, 2.05) is 18.2 Å². The van der Waals surface area contributed by atoms with Crippen molar-refractivity contribution in [1.29, 1.82) is 0 Å². The Morgan fingerprint density at radius 3 is 3.05 bits per heavy atom. The van der Waals surface area contributed by atoms with Crippen molar-refractivity contribution in [2.75, 3.05) is 0 Å². The maximum atomic E-state index is 11.8. The summed E-state index contributed by atoms with van der Waals surface area (Å²) in [5.74, 6) is -0.238. The lowest BCUT2D eigenvalue weighted by Gasteiger charge is -2.04. The van der Waals surface area contributed by atoms with Crippen molar-refractivity contribution in [3.63, 3.8) is 0 Å². The van der Waals surface area contributed by atoms with Crippen molar-refractivity contribution in [3.8, 4) is 0 Å². The van der Waals surface area contributed by atoms with Crippen molar-refractivity contribution in [3.05, 3.63) is 54.2 Å². The van der Waals surface area contributed by atoms with E-state index in [-0.39, 0.29) is 5.91 Å². The van der Waals surface area contributed by atoms with Gasteiger partial charge in [0.25, 0.3) is 5.91 Å². The maximum Gasteiger partial charge on any atom is 0.271 e. The Morgan fingerprint density at radius 1 is 1.26 bits per heavy atom. The number of aromatic nitrogens is 4. The van der Waals surface area contributed by atoms with E-state index in [2.05, 4.69) is 25.5 Å². The number of nitrogens with one attached hydrogen (secondary N) is 2. The van der Waals surface area contributed by atoms with E-state index in [9.17, 15) is 4.79 Å². The van der Waals surface area contributed by atoms with Gasteiger partial charge in [0, 0.05) is 24.3 Å². The molecular weight excluding hydrogens is 242 g/mol. The Balaban J connectivity index is 1.70. The van der Waals surface area contributed by atoms with E-state index in [1.165, 1.54) is 18.6 Å². The van der Waals surface area contributed by atoms with Crippen LogP contribution in [-0.2, 0) is 6.54 Å². The van der Waals surface area contributed by atoms with E-state index >= 15 is 0 Å². The molecule has 3 aromatic rings. The van der Waals surface area contributed by atoms with E-state index in [1.54, 1.807) is 6.20 Å². The second-order valence-electron chi connectivity index (χ2n) is 4.06. The van der Waals surface area contributed by atoms with E-state index < -0.39 is 0 Å². The quantitative estimate of drug-likeness (QED) is 0.736. The van der Waals surface area contributed by atoms with E-state index in [0.29, 0.717) is 12.2 Å². The molecule has 6 heteroatoms. The van der Waals surface area contributed by atoms with Crippen LogP contribution in [0.1, 0.15) is 16.1 Å². The summed E-state index contributed by atoms with van der Waals surface area (Å²) in [6.45, 7) is 0.435. The van der Waals surface area contributed by atoms with Crippen LogP contribution in [0.2, 0.25) is 0 Å². The topological polar surface area (TPSA) is 83.6 Å². The van der Waals surface area contributed by atoms with Crippen LogP contribution < -0.4 is 5.32 Å². The highest BCUT2D eigenvalue weighted by atomic mass is 16.1. The monoisotopic (exact) mass is 253 g/mol. The molecule has 0 atom stereocenters. The molecule has 1 amide bonds. The normalized spacial score (nSPS) is 10.5. The molecule has 0 aliphatic rings. The minimum Gasteiger partial charge on any atom is -0.347 e. The van der Waals surface area contributed by atoms with Gasteiger partial charge in [-0.25, -0.2) is 4.98 Å². The Morgan fingerprint density at radius 2 is 2.21 bits per heavy atom. The van der Waals surface area contributed by atoms with Gasteiger partial charge in [0.1, 0.15) is 5.69 Å². The second-order valence-corrected chi connectivity index (χ2v) is 4.06. The molecule has 0 unspecified atom stereocenters. The van der Waals surface area contributed by atoms with Crippen molar-refractivity contribution in [1.82, 2.24) is 25.5 Å². The van der Waals surface area contributed by atoms with Gasteiger partial charge in [-0.05, 0) is 11.6 Å². The zero-order valence-corrected chi connectivity index (χ0v) is 10.00. The van der Waals surface area contributed by atoms with Crippen molar-refractivity contribution >= 4 is 16.8 Å². The van der Waals surface area contributed by atoms with Gasteiger partial charge in [-0.1, -0.05) is 12.1 Å². The molecule has 94 valence electrons. The van der Waals surface area contributed by atoms with Crippen molar-refractivity contribution in [2.45, 2.75) is 6.54 Å². The first-order chi connectivity index (χ1) is 9.33. The highest BCUT2D eigenvalue weighted by Crippen LogP contribution is 2.12. The van der Waals surface area contributed by atoms with E-state index in [0.717, 1.165) is 16.5 Å². The molecule has 0 radical (unpaired) electrons. The second kappa shape index (κ2) is 4.85. The standard InChI is InChI=1S/C13H11N5O/c19-13(12-8-14-3-4-15-12)16-6-9-1-2-10-7-17-18-11(10)5-9/h1-5,7-8H,6H2,(H,16,19)(H,17,18). The summed E-state index contributed by atoms with van der Waals surface area (Å²) in [5, 5.41) is 10.7. The molecule has 0 saturated carbocycles. The van der Waals surface area contributed by atoms with E-state index in [4.69, 9.17) is 0 Å². The Kier molecular flexibility index (Phi) is 2.89. The number of H-pyrrole nitrogens is 1. The molecule has 0 saturated heterocycles. The first-order valence-corrected chi connectivity index (χ1v) is 5.79. The first-order valence-electron chi connectivity index (χ1n) is 5.79. The fourth-order valence-corrected chi connectivity index (χ4v) is 1.78. The van der Waals surface area contributed by atoms with Crippen LogP contribution in [0.4, 0.5) is 0 Å². The molecule has 2 N–H and O–H groups in total. The smallest absolute Gasteiger partial charge is 0.271 e. The number of rotatable bonds is 3. The van der Waals surface area contributed by atoms with Crippen LogP contribution in [0.5, 0.6) is 0 Å². The predicted octanol–water partition coefficient (Wildman–Crippen LogP) is 1.28. The number of aromatic amines is 1. The third-order valence-electron chi connectivity index (χ3n) is 2.76. The van der Waals surface area contributed by atoms with Crippen LogP contribution in [0.3, 0.4) is 0 Å². The zero-order valence-electron chi connectivity index (χ0n) is 10.00. The Labute approximate surface area is 108 Å². The van der Waals surface area contributed by atoms with Gasteiger partial charge in [-0.2, -0.15) is 5.10 Å². The number of benzene rings is 1. The summed E-state index contributed by atoms with van der Waals surface area (Å²) in [4.78, 5) is 19.6. The van der Waals surface area contributed by atoms with Gasteiger partial charge in [0.15, 0.2) is 0 Å². The highest BCUT2D eigenvalue weighted by molar-refractivity contribution is 5.91. The number of hydrogen-bond acceptors (Lipinski definition) is 4. The summed E-state index contributed by atoms with van der Waals surface area (Å²) >= 11 is 0. The molecule has 0 aliphatic heterocycles. The number of amides is 1. The summed E-state index contributed by atoms with van der Waals surface area (Å²) in [6, 6.07) is 5.87. The summed E-state index contributed by atoms with van der Waals surface area (Å²) in [6.07, 6.45) is 6.22. The fraction of sp³-hybridized carbons (Fsp3) is 0.0769. The third-order valence-corrected chi connectivity index (χ3v) is 2.76. The van der Waals surface area contributed by atoms with Gasteiger partial charge in [-0.15, -0.1) is 0 Å². The molecular formula is C13H11N5O. The molecule has 0 spiro atoms. The number of carbonyl (C=O) groups excluding carboxylic acids is 1. The maximum absolute atomic E-state index is 11.8. The van der Waals surface area contributed by atoms with Crippen LogP contribution in [0.25, 0.3) is 10.9 Å². The fourth-order valence-electron chi connectivity index (χ4n) is 1.78. The molecule has 0 aliphatic carbocycles. The Bertz CT molecular complexity index is 707. The largest absolute Gasteiger partial charge is 0.347 e. The zero-order chi connectivity index (χ0) is 13.1. The lowest BCUT2D eigenvalue weighted by atomic mass is 10.1. The van der Waals surface area contributed by atoms with Gasteiger partial charge in [-0.3, -0.25) is 14.9 Å². The van der Waals surface area contributed by atoms with Gasteiger partial charge in [0.2, 0.25) is 0 Å². The SMILES string of the molecule is O=C(NCc1ccc2cn[nH]c2c1)c1cnccn1. The van der Waals surface area contributed by atoms with Crippen molar-refractivity contribution < 1.29 is 4.79 Å². The molecule has 3 rings (SSSR count). The van der Waals surface area contributed by atoms with Gasteiger partial charge >= 0.3 is 0 Å². The first kappa shape index (κ1) is 11.3. The van der Waals surface area contributed by atoms with Crippen LogP contribution in [0, 0.1) is 0 Å². The molecule has 0 fully saturated rings. The molecule has 1 aromatic carbocycles. The third kappa shape index (κ3) is 2.42. The summed E-state index contributed by atoms with van der Waals surface area (Å²) in [7, 11) is 0. The predicted molar refractivity (Wildman–Crippen MR) is 69.3 cm³/mol. The molecule has 0 bridgehead atoms. The van der Waals surface area contributed by atoms with Gasteiger partial charge < -0.3 is 5.32 Å². The number of carbonyl (C=O) groups is 1. The lowest BCUT2D eigenvalue weighted by molar-refractivity contribution is 0.0945. The summed E-state index contributed by atoms with van der Waals surface area (Å²) < 4.78 is 0. The minimum atomic E-state index is -0.238. The molecule has 2 heterocycles. The number of hydrogen-bond donors (Lipinski definition) is 2. The average molecular weight is 253 g/mol. The minimum absolute atomic E-state index is 0.238. The summed E-state index contributed by atoms with van der Waals surface area (Å²) in [5.41, 5.74) is 2.25. The average Bonchev–Trinajstić information content (AvgIpc) is 2.93. The van der Waals surface area contributed by atoms with Crippen LogP contribution >= 0.6 is 0 Å². The van der Waals surface area contributed by atoms with Gasteiger partial charge in [0.05, 0.1) is 17.9 Å². The lowest BCUT2D eigenvalue weighted by Crippen LogP contribution is -2.23. The Hall–Kier alpha value is -2.76. The highest BCUT2D eigenvalue weighted by Gasteiger charge is 2.06. The molecule has 19 heavy (non-hydrogen) atoms. The van der Waals surface area contributed by atoms with Crippen LogP contribution in [-0.4, -0.2) is 26.1 Å². The molecule has 2 aromatic heterocycles. The molecule has 6 nitrogen and oxygen atoms in total. The van der Waals surface area contributed by atoms with Crippen LogP contribution in [0.15, 0.2) is 43.0 Å². The number of nitrogens with zero attached hydrogens (tertiary/aromatic N) is 3.